The largest absolute Gasteiger partial charge is 0.497 e. The summed E-state index contributed by atoms with van der Waals surface area (Å²) < 4.78 is 5.15. The summed E-state index contributed by atoms with van der Waals surface area (Å²) in [7, 11) is 3.52. The zero-order chi connectivity index (χ0) is 17.4. The van der Waals surface area contributed by atoms with E-state index in [-0.39, 0.29) is 18.5 Å². The second-order valence-corrected chi connectivity index (χ2v) is 5.84. The number of amides is 2. The van der Waals surface area contributed by atoms with E-state index in [4.69, 9.17) is 4.74 Å². The Balaban J connectivity index is 1.83. The third-order valence-corrected chi connectivity index (χ3v) is 3.78. The number of anilines is 1. The van der Waals surface area contributed by atoms with Crippen molar-refractivity contribution in [3.63, 3.8) is 0 Å². The number of nitrogens with one attached hydrogen (secondary N) is 6. The number of urea groups is 1. The van der Waals surface area contributed by atoms with Gasteiger partial charge in [0.05, 0.1) is 13.3 Å². The highest BCUT2D eigenvalue weighted by atomic mass is 16.5. The lowest BCUT2D eigenvalue weighted by Gasteiger charge is -2.36. The molecule has 1 aromatic carbocycles. The molecule has 8 heteroatoms. The first-order chi connectivity index (χ1) is 11.6. The summed E-state index contributed by atoms with van der Waals surface area (Å²) in [5.74, 6) is 0.698. The molecule has 1 aromatic rings. The predicted molar refractivity (Wildman–Crippen MR) is 95.0 cm³/mol. The molecule has 2 amide bonds. The Kier molecular flexibility index (Phi) is 7.26. The van der Waals surface area contributed by atoms with Crippen LogP contribution in [-0.2, 0) is 0 Å². The van der Waals surface area contributed by atoms with Crippen LogP contribution in [0, 0.1) is 0 Å². The minimum atomic E-state index is -0.300. The lowest BCUT2D eigenvalue weighted by atomic mass is 10.1. The predicted octanol–water partition coefficient (Wildman–Crippen LogP) is 0.207. The average molecular weight is 336 g/mol. The van der Waals surface area contributed by atoms with Gasteiger partial charge in [0.25, 0.3) is 0 Å². The van der Waals surface area contributed by atoms with Crippen LogP contribution in [0.5, 0.6) is 5.75 Å². The third kappa shape index (κ3) is 5.97. The van der Waals surface area contributed by atoms with Gasteiger partial charge in [-0.15, -0.1) is 0 Å². The van der Waals surface area contributed by atoms with E-state index in [1.165, 1.54) is 0 Å². The summed E-state index contributed by atoms with van der Waals surface area (Å²) in [6.45, 7) is 3.86. The number of ether oxygens (including phenoxy) is 1. The van der Waals surface area contributed by atoms with Gasteiger partial charge < -0.3 is 26.0 Å². The Bertz CT molecular complexity index is 527. The monoisotopic (exact) mass is 336 g/mol. The maximum absolute atomic E-state index is 12.2. The molecule has 1 heterocycles. The van der Waals surface area contributed by atoms with Gasteiger partial charge >= 0.3 is 6.03 Å². The van der Waals surface area contributed by atoms with Crippen LogP contribution in [0.1, 0.15) is 13.3 Å². The van der Waals surface area contributed by atoms with E-state index >= 15 is 0 Å². The Hall–Kier alpha value is -1.87. The molecule has 1 aliphatic rings. The topological polar surface area (TPSA) is 98.5 Å². The van der Waals surface area contributed by atoms with Crippen molar-refractivity contribution in [3.8, 4) is 5.75 Å². The van der Waals surface area contributed by atoms with E-state index in [1.54, 1.807) is 13.2 Å². The highest BCUT2D eigenvalue weighted by Crippen LogP contribution is 2.16. The van der Waals surface area contributed by atoms with Crippen molar-refractivity contribution in [2.75, 3.05) is 32.6 Å². The molecule has 0 radical (unpaired) electrons. The Morgan fingerprint density at radius 1 is 1.33 bits per heavy atom. The molecule has 1 fully saturated rings. The van der Waals surface area contributed by atoms with Crippen LogP contribution in [0.2, 0.25) is 0 Å². The first-order valence-corrected chi connectivity index (χ1v) is 8.22. The fourth-order valence-electron chi connectivity index (χ4n) is 2.62. The maximum atomic E-state index is 12.2. The number of hydrogen-bond donors (Lipinski definition) is 6. The molecular weight excluding hydrogens is 308 g/mol. The lowest BCUT2D eigenvalue weighted by molar-refractivity contribution is 0.194. The van der Waals surface area contributed by atoms with Crippen LogP contribution in [0.4, 0.5) is 10.5 Å². The van der Waals surface area contributed by atoms with E-state index in [0.717, 1.165) is 19.5 Å². The second-order valence-electron chi connectivity index (χ2n) is 5.84. The quantitative estimate of drug-likeness (QED) is 0.398. The number of carbonyl (C=O) groups excluding carboxylic acids is 1. The summed E-state index contributed by atoms with van der Waals surface area (Å²) in [4.78, 5) is 12.2. The Morgan fingerprint density at radius 2 is 2.17 bits per heavy atom. The molecule has 3 atom stereocenters. The van der Waals surface area contributed by atoms with Gasteiger partial charge in [-0.1, -0.05) is 6.07 Å². The molecule has 1 aliphatic heterocycles. The number of likely N-dealkylation sites (N-methyl/N-ethyl adjacent to an activating group) is 1. The molecule has 3 unspecified atom stereocenters. The molecule has 0 aliphatic carbocycles. The molecule has 134 valence electrons. The van der Waals surface area contributed by atoms with Gasteiger partial charge in [-0.05, 0) is 32.5 Å². The van der Waals surface area contributed by atoms with E-state index in [0.29, 0.717) is 17.5 Å². The molecule has 24 heavy (non-hydrogen) atoms. The van der Waals surface area contributed by atoms with Crippen molar-refractivity contribution in [2.45, 2.75) is 31.8 Å². The highest BCUT2D eigenvalue weighted by Gasteiger charge is 2.25. The molecule has 2 rings (SSSR count). The Morgan fingerprint density at radius 3 is 2.92 bits per heavy atom. The van der Waals surface area contributed by atoms with Crippen molar-refractivity contribution in [2.24, 2.45) is 0 Å². The molecule has 0 saturated carbocycles. The minimum Gasteiger partial charge on any atom is -0.497 e. The minimum absolute atomic E-state index is 0.150. The van der Waals surface area contributed by atoms with Gasteiger partial charge in [0.2, 0.25) is 0 Å². The third-order valence-electron chi connectivity index (χ3n) is 3.78. The SMILES string of the molecule is CNCCNC1CC(C)NC(NC(=O)Nc2cccc(OC)c2)N1. The van der Waals surface area contributed by atoms with Gasteiger partial charge in [-0.25, -0.2) is 4.79 Å². The van der Waals surface area contributed by atoms with Crippen LogP contribution in [0.25, 0.3) is 0 Å². The van der Waals surface area contributed by atoms with E-state index in [1.807, 2.05) is 25.2 Å². The fraction of sp³-hybridized carbons (Fsp3) is 0.562. The van der Waals surface area contributed by atoms with Gasteiger partial charge in [0.1, 0.15) is 12.0 Å². The molecule has 0 aromatic heterocycles. The normalized spacial score (nSPS) is 23.5. The summed E-state index contributed by atoms with van der Waals surface area (Å²) in [5.41, 5.74) is 0.680. The lowest BCUT2D eigenvalue weighted by Crippen LogP contribution is -2.68. The summed E-state index contributed by atoms with van der Waals surface area (Å²) >= 11 is 0. The van der Waals surface area contributed by atoms with Crippen molar-refractivity contribution < 1.29 is 9.53 Å². The number of methoxy groups -OCH3 is 1. The van der Waals surface area contributed by atoms with Gasteiger partial charge in [0, 0.05) is 30.9 Å². The second kappa shape index (κ2) is 9.43. The van der Waals surface area contributed by atoms with E-state index in [9.17, 15) is 4.79 Å². The summed E-state index contributed by atoms with van der Waals surface area (Å²) in [6.07, 6.45) is 0.794. The molecule has 1 saturated heterocycles. The van der Waals surface area contributed by atoms with Crippen LogP contribution >= 0.6 is 0 Å². The number of rotatable bonds is 7. The van der Waals surface area contributed by atoms with Crippen LogP contribution < -0.4 is 36.6 Å². The molecule has 0 bridgehead atoms. The zero-order valence-corrected chi connectivity index (χ0v) is 14.5. The van der Waals surface area contributed by atoms with E-state index < -0.39 is 0 Å². The van der Waals surface area contributed by atoms with Gasteiger partial charge in [-0.2, -0.15) is 0 Å². The number of hydrogen-bond acceptors (Lipinski definition) is 6. The average Bonchev–Trinajstić information content (AvgIpc) is 2.54. The first kappa shape index (κ1) is 18.5. The first-order valence-electron chi connectivity index (χ1n) is 8.22. The molecule has 0 spiro atoms. The molecule has 6 N–H and O–H groups in total. The highest BCUT2D eigenvalue weighted by molar-refractivity contribution is 5.89. The molecular formula is C16H28N6O2. The van der Waals surface area contributed by atoms with Crippen LogP contribution in [0.3, 0.4) is 0 Å². The number of carbonyl (C=O) groups is 1. The van der Waals surface area contributed by atoms with E-state index in [2.05, 4.69) is 38.8 Å². The van der Waals surface area contributed by atoms with Gasteiger partial charge in [-0.3, -0.25) is 10.6 Å². The van der Waals surface area contributed by atoms with Crippen molar-refractivity contribution in [1.82, 2.24) is 26.6 Å². The standard InChI is InChI=1S/C16H28N6O2/c1-11-9-14(18-8-7-17-2)21-15(19-11)22-16(23)20-12-5-4-6-13(10-12)24-3/h4-6,10-11,14-15,17-19,21H,7-9H2,1-3H3,(H2,20,22,23). The van der Waals surface area contributed by atoms with Crippen LogP contribution in [-0.4, -0.2) is 51.8 Å². The number of benzene rings is 1. The van der Waals surface area contributed by atoms with Crippen molar-refractivity contribution in [3.05, 3.63) is 24.3 Å². The smallest absolute Gasteiger partial charge is 0.321 e. The maximum Gasteiger partial charge on any atom is 0.321 e. The summed E-state index contributed by atoms with van der Waals surface area (Å²) in [6, 6.07) is 7.25. The van der Waals surface area contributed by atoms with Crippen molar-refractivity contribution in [1.29, 1.82) is 0 Å². The summed E-state index contributed by atoms with van der Waals surface area (Å²) in [5, 5.41) is 18.9. The van der Waals surface area contributed by atoms with Gasteiger partial charge in [0.15, 0.2) is 0 Å². The van der Waals surface area contributed by atoms with Crippen LogP contribution in [0.15, 0.2) is 24.3 Å². The van der Waals surface area contributed by atoms with Crippen molar-refractivity contribution >= 4 is 11.7 Å². The fourth-order valence-corrected chi connectivity index (χ4v) is 2.62. The zero-order valence-electron chi connectivity index (χ0n) is 14.5. The molecule has 8 nitrogen and oxygen atoms in total. The Labute approximate surface area is 143 Å².